The van der Waals surface area contributed by atoms with Crippen LogP contribution >= 0.6 is 17.0 Å². The molecule has 1 aliphatic heterocycles. The van der Waals surface area contributed by atoms with E-state index in [0.717, 1.165) is 23.2 Å². The van der Waals surface area contributed by atoms with Crippen molar-refractivity contribution in [3.05, 3.63) is 58.4 Å². The van der Waals surface area contributed by atoms with Crippen LogP contribution in [-0.4, -0.2) is 45.7 Å². The van der Waals surface area contributed by atoms with Crippen molar-refractivity contribution in [2.24, 2.45) is 0 Å². The molecule has 2 heterocycles. The number of fused-ring (bicyclic) bond motifs is 1. The van der Waals surface area contributed by atoms with Gasteiger partial charge in [-0.15, -0.1) is 17.0 Å². The van der Waals surface area contributed by atoms with E-state index in [9.17, 15) is 9.59 Å². The summed E-state index contributed by atoms with van der Waals surface area (Å²) in [5.41, 5.74) is 3.55. The molecule has 0 aliphatic carbocycles. The summed E-state index contributed by atoms with van der Waals surface area (Å²) in [4.78, 5) is 30.3. The molecule has 0 bridgehead atoms. The second kappa shape index (κ2) is 9.60. The summed E-state index contributed by atoms with van der Waals surface area (Å²) in [6.07, 6.45) is 0.781. The van der Waals surface area contributed by atoms with Crippen molar-refractivity contribution in [2.75, 3.05) is 13.2 Å². The maximum Gasteiger partial charge on any atom is 0.341 e. The van der Waals surface area contributed by atoms with Gasteiger partial charge >= 0.3 is 5.97 Å². The number of aliphatic carboxylic acids is 1. The van der Waals surface area contributed by atoms with E-state index in [1.807, 2.05) is 45.9 Å². The van der Waals surface area contributed by atoms with Crippen molar-refractivity contribution in [1.82, 2.24) is 9.88 Å². The van der Waals surface area contributed by atoms with Gasteiger partial charge in [0, 0.05) is 17.8 Å². The van der Waals surface area contributed by atoms with Gasteiger partial charge in [0.25, 0.3) is 0 Å². The second-order valence-corrected chi connectivity index (χ2v) is 8.44. The highest BCUT2D eigenvalue weighted by atomic mass is 79.9. The number of hydrogen-bond donors (Lipinski definition) is 2. The fourth-order valence-electron chi connectivity index (χ4n) is 3.37. The molecule has 0 saturated carbocycles. The summed E-state index contributed by atoms with van der Waals surface area (Å²) >= 11 is 0. The number of carboxylic acids is 1. The zero-order chi connectivity index (χ0) is 22.1. The third-order valence-corrected chi connectivity index (χ3v) is 5.13. The zero-order valence-corrected chi connectivity index (χ0v) is 19.9. The number of ether oxygens (including phenoxy) is 1. The minimum absolute atomic E-state index is 0. The number of pyridine rings is 1. The first-order chi connectivity index (χ1) is 14.1. The SMILES string of the molecule is Br.CCc1ccc2c(n1)C(=N)N(CC(=O)c1cc(C(C)(C)C)ccc1OCC(=O)O)C2. The van der Waals surface area contributed by atoms with Gasteiger partial charge in [-0.3, -0.25) is 10.2 Å². The van der Waals surface area contributed by atoms with Gasteiger partial charge in [0.05, 0.1) is 12.1 Å². The lowest BCUT2D eigenvalue weighted by atomic mass is 9.85. The molecule has 0 fully saturated rings. The molecule has 0 amide bonds. The van der Waals surface area contributed by atoms with E-state index in [0.29, 0.717) is 17.8 Å². The van der Waals surface area contributed by atoms with Gasteiger partial charge in [-0.25, -0.2) is 9.78 Å². The number of carbonyl (C=O) groups excluding carboxylic acids is 1. The number of Topliss-reactive ketones (excluding diaryl/α,β-unsaturated/α-hetero) is 1. The zero-order valence-electron chi connectivity index (χ0n) is 18.2. The van der Waals surface area contributed by atoms with Crippen LogP contribution in [0, 0.1) is 5.41 Å². The molecule has 0 radical (unpaired) electrons. The highest BCUT2D eigenvalue weighted by Crippen LogP contribution is 2.29. The van der Waals surface area contributed by atoms with Crippen molar-refractivity contribution in [3.8, 4) is 5.75 Å². The summed E-state index contributed by atoms with van der Waals surface area (Å²) in [7, 11) is 0. The van der Waals surface area contributed by atoms with Crippen LogP contribution in [0.3, 0.4) is 0 Å². The monoisotopic (exact) mass is 489 g/mol. The predicted molar refractivity (Wildman–Crippen MR) is 124 cm³/mol. The molecular formula is C23H28BrN3O4. The summed E-state index contributed by atoms with van der Waals surface area (Å²) in [5, 5.41) is 17.4. The minimum atomic E-state index is -1.11. The summed E-state index contributed by atoms with van der Waals surface area (Å²) < 4.78 is 5.37. The lowest BCUT2D eigenvalue weighted by molar-refractivity contribution is -0.139. The molecule has 7 nitrogen and oxygen atoms in total. The van der Waals surface area contributed by atoms with Gasteiger partial charge in [0.15, 0.2) is 12.4 Å². The molecule has 2 N–H and O–H groups in total. The Balaban J connectivity index is 0.00000341. The average molecular weight is 490 g/mol. The van der Waals surface area contributed by atoms with Crippen LogP contribution in [-0.2, 0) is 23.2 Å². The molecule has 8 heteroatoms. The Labute approximate surface area is 192 Å². The van der Waals surface area contributed by atoms with Gasteiger partial charge < -0.3 is 14.7 Å². The van der Waals surface area contributed by atoms with Crippen LogP contribution in [0.2, 0.25) is 0 Å². The van der Waals surface area contributed by atoms with Crippen LogP contribution in [0.4, 0.5) is 0 Å². The second-order valence-electron chi connectivity index (χ2n) is 8.44. The van der Waals surface area contributed by atoms with E-state index < -0.39 is 12.6 Å². The Morgan fingerprint density at radius 2 is 1.94 bits per heavy atom. The molecule has 1 aromatic heterocycles. The van der Waals surface area contributed by atoms with E-state index in [2.05, 4.69) is 4.98 Å². The van der Waals surface area contributed by atoms with Crippen LogP contribution in [0.1, 0.15) is 60.6 Å². The quantitative estimate of drug-likeness (QED) is 0.569. The fraction of sp³-hybridized carbons (Fsp3) is 0.391. The fourth-order valence-corrected chi connectivity index (χ4v) is 3.37. The van der Waals surface area contributed by atoms with Crippen molar-refractivity contribution in [1.29, 1.82) is 5.41 Å². The lowest BCUT2D eigenvalue weighted by Gasteiger charge is -2.22. The van der Waals surface area contributed by atoms with Crippen LogP contribution < -0.4 is 4.74 Å². The van der Waals surface area contributed by atoms with Crippen LogP contribution in [0.15, 0.2) is 30.3 Å². The molecule has 2 aromatic rings. The van der Waals surface area contributed by atoms with E-state index in [1.165, 1.54) is 0 Å². The molecule has 0 atom stereocenters. The number of carbonyl (C=O) groups is 2. The minimum Gasteiger partial charge on any atom is -0.481 e. The number of hydrogen-bond acceptors (Lipinski definition) is 5. The first-order valence-corrected chi connectivity index (χ1v) is 9.95. The number of rotatable bonds is 7. The number of aromatic nitrogens is 1. The van der Waals surface area contributed by atoms with Crippen molar-refractivity contribution < 1.29 is 19.4 Å². The number of amidine groups is 1. The Bertz CT molecular complexity index is 1010. The Morgan fingerprint density at radius 3 is 2.55 bits per heavy atom. The maximum absolute atomic E-state index is 13.2. The number of ketones is 1. The first-order valence-electron chi connectivity index (χ1n) is 9.95. The molecule has 3 rings (SSSR count). The third kappa shape index (κ3) is 5.50. The smallest absolute Gasteiger partial charge is 0.341 e. The van der Waals surface area contributed by atoms with Gasteiger partial charge in [-0.2, -0.15) is 0 Å². The highest BCUT2D eigenvalue weighted by molar-refractivity contribution is 8.93. The standard InChI is InChI=1S/C23H27N3O4.BrH/c1-5-16-8-6-14-11-26(22(24)21(14)25-16)12-18(27)17-10-15(23(2,3)4)7-9-19(17)30-13-20(28)29;/h6-10,24H,5,11-13H2,1-4H3,(H,28,29);1H. The molecule has 1 aromatic carbocycles. The largest absolute Gasteiger partial charge is 0.481 e. The van der Waals surface area contributed by atoms with E-state index in [-0.39, 0.29) is 46.3 Å². The van der Waals surface area contributed by atoms with E-state index in [4.69, 9.17) is 15.3 Å². The predicted octanol–water partition coefficient (Wildman–Crippen LogP) is 4.01. The Kier molecular flexibility index (Phi) is 7.59. The molecule has 0 spiro atoms. The normalized spacial score (nSPS) is 12.9. The van der Waals surface area contributed by atoms with Gasteiger partial charge in [0.2, 0.25) is 0 Å². The topological polar surface area (TPSA) is 104 Å². The molecule has 0 unspecified atom stereocenters. The van der Waals surface area contributed by atoms with Crippen molar-refractivity contribution in [3.63, 3.8) is 0 Å². The first kappa shape index (κ1) is 24.5. The average Bonchev–Trinajstić information content (AvgIpc) is 3.00. The Hall–Kier alpha value is -2.74. The highest BCUT2D eigenvalue weighted by Gasteiger charge is 2.29. The summed E-state index contributed by atoms with van der Waals surface area (Å²) in [5.74, 6) is -0.865. The number of nitrogens with one attached hydrogen (secondary N) is 1. The van der Waals surface area contributed by atoms with Crippen molar-refractivity contribution >= 4 is 34.6 Å². The molecular weight excluding hydrogens is 462 g/mol. The van der Waals surface area contributed by atoms with E-state index >= 15 is 0 Å². The third-order valence-electron chi connectivity index (χ3n) is 5.13. The number of nitrogens with zero attached hydrogens (tertiary/aromatic N) is 2. The number of aryl methyl sites for hydroxylation is 1. The summed E-state index contributed by atoms with van der Waals surface area (Å²) in [6, 6.07) is 9.16. The van der Waals surface area contributed by atoms with Gasteiger partial charge in [-0.1, -0.05) is 39.8 Å². The number of carboxylic acid groups (broad SMARTS) is 1. The Morgan fingerprint density at radius 1 is 1.23 bits per heavy atom. The number of halogens is 1. The maximum atomic E-state index is 13.2. The molecule has 0 saturated heterocycles. The molecule has 31 heavy (non-hydrogen) atoms. The van der Waals surface area contributed by atoms with E-state index in [1.54, 1.807) is 17.0 Å². The lowest BCUT2D eigenvalue weighted by Crippen LogP contribution is -2.31. The summed E-state index contributed by atoms with van der Waals surface area (Å²) in [6.45, 7) is 8.04. The van der Waals surface area contributed by atoms with Crippen molar-refractivity contribution in [2.45, 2.75) is 46.1 Å². The van der Waals surface area contributed by atoms with Gasteiger partial charge in [-0.05, 0) is 35.6 Å². The van der Waals surface area contributed by atoms with Crippen LogP contribution in [0.25, 0.3) is 0 Å². The molecule has 1 aliphatic rings. The van der Waals surface area contributed by atoms with Gasteiger partial charge in [0.1, 0.15) is 17.3 Å². The van der Waals surface area contributed by atoms with Crippen LogP contribution in [0.5, 0.6) is 5.75 Å². The molecule has 166 valence electrons. The number of benzene rings is 1.